The summed E-state index contributed by atoms with van der Waals surface area (Å²) >= 11 is 1.08. The van der Waals surface area contributed by atoms with Crippen molar-refractivity contribution in [2.45, 2.75) is 50.1 Å². The highest BCUT2D eigenvalue weighted by molar-refractivity contribution is 7.91. The van der Waals surface area contributed by atoms with Crippen molar-refractivity contribution < 1.29 is 31.1 Å². The first kappa shape index (κ1) is 26.5. The van der Waals surface area contributed by atoms with E-state index in [0.717, 1.165) is 42.4 Å². The molecule has 9 nitrogen and oxygen atoms in total. The van der Waals surface area contributed by atoms with E-state index in [4.69, 9.17) is 0 Å². The lowest BCUT2D eigenvalue weighted by atomic mass is 9.77. The number of nitrogens with one attached hydrogen (secondary N) is 1. The molecule has 4 aliphatic rings. The summed E-state index contributed by atoms with van der Waals surface area (Å²) in [6.07, 6.45) is 3.83. The molecule has 0 radical (unpaired) electrons. The predicted molar refractivity (Wildman–Crippen MR) is 145 cm³/mol. The number of aliphatic hydroxyl groups is 1. The van der Waals surface area contributed by atoms with Gasteiger partial charge in [0.05, 0.1) is 5.75 Å². The van der Waals surface area contributed by atoms with E-state index in [9.17, 15) is 31.1 Å². The Morgan fingerprint density at radius 3 is 2.72 bits per heavy atom. The van der Waals surface area contributed by atoms with Crippen molar-refractivity contribution >= 4 is 47.9 Å². The minimum absolute atomic E-state index is 0.0149. The number of sulfonamides is 1. The van der Waals surface area contributed by atoms with Crippen molar-refractivity contribution in [3.8, 4) is 0 Å². The van der Waals surface area contributed by atoms with Crippen LogP contribution < -0.4 is 5.32 Å². The van der Waals surface area contributed by atoms with E-state index >= 15 is 0 Å². The molecule has 4 unspecified atom stereocenters. The van der Waals surface area contributed by atoms with Crippen LogP contribution in [0.5, 0.6) is 0 Å². The SMILES string of the molecule is Cc1cc(CN2C(=O)C(C3=NS(=O)(=O)c4c(CCS(C)(=O)=O)csc4N3)=C(O)C3C4CCC(C4)C32)ccc1F. The molecule has 0 saturated heterocycles. The Kier molecular flexibility index (Phi) is 6.19. The van der Waals surface area contributed by atoms with Gasteiger partial charge in [0.2, 0.25) is 0 Å². The van der Waals surface area contributed by atoms with E-state index in [1.165, 1.54) is 6.07 Å². The molecule has 2 aromatic rings. The number of aliphatic hydroxyl groups excluding tert-OH is 1. The summed E-state index contributed by atoms with van der Waals surface area (Å²) in [7, 11) is -7.59. The number of carbonyl (C=O) groups is 1. The monoisotopic (exact) mass is 593 g/mol. The molecule has 6 rings (SSSR count). The number of hydrogen-bond acceptors (Lipinski definition) is 8. The maximum Gasteiger partial charge on any atom is 0.287 e. The fraction of sp³-hybridized carbons (Fsp3) is 0.462. The van der Waals surface area contributed by atoms with Crippen LogP contribution in [-0.4, -0.2) is 56.6 Å². The quantitative estimate of drug-likeness (QED) is 0.523. The number of carbonyl (C=O) groups excluding carboxylic acids is 1. The summed E-state index contributed by atoms with van der Waals surface area (Å²) in [5.41, 5.74) is 1.38. The summed E-state index contributed by atoms with van der Waals surface area (Å²) in [4.78, 5) is 15.6. The third-order valence-electron chi connectivity index (χ3n) is 8.35. The molecule has 2 N–H and O–H groups in total. The van der Waals surface area contributed by atoms with Gasteiger partial charge in [-0.3, -0.25) is 4.79 Å². The van der Waals surface area contributed by atoms with Gasteiger partial charge in [0, 0.05) is 24.8 Å². The molecule has 13 heteroatoms. The number of amides is 1. The normalized spacial score (nSPS) is 27.3. The summed E-state index contributed by atoms with van der Waals surface area (Å²) in [5, 5.41) is 16.2. The van der Waals surface area contributed by atoms with Crippen molar-refractivity contribution in [3.05, 3.63) is 57.4 Å². The third-order valence-corrected chi connectivity index (χ3v) is 11.8. The minimum atomic E-state index is -4.28. The van der Waals surface area contributed by atoms with Crippen molar-refractivity contribution in [2.24, 2.45) is 22.2 Å². The smallest absolute Gasteiger partial charge is 0.287 e. The van der Waals surface area contributed by atoms with Crippen LogP contribution >= 0.6 is 11.3 Å². The van der Waals surface area contributed by atoms with Crippen LogP contribution in [0.15, 0.2) is 44.2 Å². The number of fused-ring (bicyclic) bond motifs is 6. The van der Waals surface area contributed by atoms with E-state index in [2.05, 4.69) is 9.71 Å². The van der Waals surface area contributed by atoms with Gasteiger partial charge in [-0.1, -0.05) is 12.1 Å². The molecule has 39 heavy (non-hydrogen) atoms. The number of halogens is 1. The first-order valence-electron chi connectivity index (χ1n) is 12.7. The number of hydrogen-bond donors (Lipinski definition) is 2. The number of anilines is 1. The van der Waals surface area contributed by atoms with Crippen LogP contribution in [-0.2, 0) is 37.6 Å². The Morgan fingerprint density at radius 1 is 1.26 bits per heavy atom. The Balaban J connectivity index is 1.39. The van der Waals surface area contributed by atoms with E-state index in [-0.39, 0.29) is 75.4 Å². The van der Waals surface area contributed by atoms with Crippen LogP contribution in [0.2, 0.25) is 0 Å². The van der Waals surface area contributed by atoms with Crippen molar-refractivity contribution in [1.29, 1.82) is 0 Å². The number of benzene rings is 1. The van der Waals surface area contributed by atoms with Gasteiger partial charge in [-0.2, -0.15) is 8.42 Å². The zero-order chi connectivity index (χ0) is 27.9. The van der Waals surface area contributed by atoms with Crippen LogP contribution in [0.4, 0.5) is 9.39 Å². The number of sulfone groups is 1. The van der Waals surface area contributed by atoms with E-state index in [0.29, 0.717) is 11.1 Å². The lowest BCUT2D eigenvalue weighted by molar-refractivity contribution is -0.134. The Labute approximate surface area is 230 Å². The highest BCUT2D eigenvalue weighted by atomic mass is 32.2. The molecule has 1 amide bonds. The van der Waals surface area contributed by atoms with E-state index in [1.54, 1.807) is 29.3 Å². The lowest BCUT2D eigenvalue weighted by Crippen LogP contribution is -2.53. The Bertz CT molecular complexity index is 1680. The van der Waals surface area contributed by atoms with Crippen molar-refractivity contribution in [2.75, 3.05) is 17.3 Å². The first-order valence-corrected chi connectivity index (χ1v) is 17.1. The molecule has 1 aromatic carbocycles. The predicted octanol–water partition coefficient (Wildman–Crippen LogP) is 3.56. The fourth-order valence-corrected chi connectivity index (χ4v) is 9.94. The molecule has 0 spiro atoms. The zero-order valence-corrected chi connectivity index (χ0v) is 23.8. The molecule has 3 heterocycles. The molecule has 1 aromatic heterocycles. The standard InChI is InChI=1S/C26H28FN3O6S3/c1-13-9-14(3-6-18(13)27)11-30-21-16-5-4-15(10-16)19(21)22(31)20(26(30)32)24-28-25-23(39(35,36)29-24)17(12-37-25)7-8-38(2,33)34/h3,6,9,12,15-16,19,21,31H,4-5,7-8,10-11H2,1-2H3,(H,28,29). The van der Waals surface area contributed by atoms with Gasteiger partial charge in [-0.05, 0) is 72.6 Å². The molecule has 2 aliphatic carbocycles. The van der Waals surface area contributed by atoms with Crippen LogP contribution in [0.1, 0.15) is 36.0 Å². The van der Waals surface area contributed by atoms with Gasteiger partial charge in [0.15, 0.2) is 5.84 Å². The van der Waals surface area contributed by atoms with E-state index in [1.807, 2.05) is 0 Å². The Hall–Kier alpha value is -2.77. The summed E-state index contributed by atoms with van der Waals surface area (Å²) in [6, 6.07) is 4.46. The largest absolute Gasteiger partial charge is 0.511 e. The highest BCUT2D eigenvalue weighted by Gasteiger charge is 2.57. The number of aryl methyl sites for hydroxylation is 2. The summed E-state index contributed by atoms with van der Waals surface area (Å²) in [5.74, 6) is -1.39. The average Bonchev–Trinajstić information content (AvgIpc) is 3.57. The number of amidine groups is 1. The Morgan fingerprint density at radius 2 is 2.00 bits per heavy atom. The van der Waals surface area contributed by atoms with Gasteiger partial charge in [0.25, 0.3) is 15.9 Å². The molecule has 2 aliphatic heterocycles. The van der Waals surface area contributed by atoms with Gasteiger partial charge in [-0.25, -0.2) is 12.8 Å². The van der Waals surface area contributed by atoms with Crippen LogP contribution in [0.25, 0.3) is 0 Å². The van der Waals surface area contributed by atoms with Gasteiger partial charge < -0.3 is 15.3 Å². The lowest BCUT2D eigenvalue weighted by Gasteiger charge is -2.44. The van der Waals surface area contributed by atoms with E-state index < -0.39 is 25.8 Å². The van der Waals surface area contributed by atoms with Gasteiger partial charge >= 0.3 is 0 Å². The fourth-order valence-electron chi connectivity index (χ4n) is 6.68. The summed E-state index contributed by atoms with van der Waals surface area (Å²) in [6.45, 7) is 1.85. The topological polar surface area (TPSA) is 133 Å². The number of thiophene rings is 1. The highest BCUT2D eigenvalue weighted by Crippen LogP contribution is 2.55. The molecule has 2 saturated carbocycles. The second-order valence-corrected chi connectivity index (χ2v) is 15.6. The van der Waals surface area contributed by atoms with Gasteiger partial charge in [0.1, 0.15) is 36.9 Å². The molecule has 2 bridgehead atoms. The third kappa shape index (κ3) is 4.48. The molecular weight excluding hydrogens is 566 g/mol. The second kappa shape index (κ2) is 9.13. The van der Waals surface area contributed by atoms with Crippen molar-refractivity contribution in [1.82, 2.24) is 4.90 Å². The first-order chi connectivity index (χ1) is 18.3. The molecular formula is C26H28FN3O6S3. The minimum Gasteiger partial charge on any atom is -0.511 e. The average molecular weight is 594 g/mol. The second-order valence-electron chi connectivity index (χ2n) is 11.0. The summed E-state index contributed by atoms with van der Waals surface area (Å²) < 4.78 is 67.7. The maximum absolute atomic E-state index is 14.0. The number of rotatable bonds is 6. The molecule has 2 fully saturated rings. The van der Waals surface area contributed by atoms with Crippen LogP contribution in [0.3, 0.4) is 0 Å². The molecule has 208 valence electrons. The van der Waals surface area contributed by atoms with Gasteiger partial charge in [-0.15, -0.1) is 15.7 Å². The van der Waals surface area contributed by atoms with Crippen molar-refractivity contribution in [3.63, 3.8) is 0 Å². The molecule has 4 atom stereocenters. The maximum atomic E-state index is 14.0. The zero-order valence-electron chi connectivity index (χ0n) is 21.3. The van der Waals surface area contributed by atoms with Crippen LogP contribution in [0, 0.1) is 30.5 Å². The number of nitrogens with zero attached hydrogens (tertiary/aromatic N) is 2.